The van der Waals surface area contributed by atoms with Crippen molar-refractivity contribution in [1.82, 2.24) is 14.4 Å². The predicted octanol–water partition coefficient (Wildman–Crippen LogP) is 5.96. The van der Waals surface area contributed by atoms with Crippen molar-refractivity contribution in [2.24, 2.45) is 11.8 Å². The Balaban J connectivity index is 1.41. The van der Waals surface area contributed by atoms with Gasteiger partial charge in [-0.05, 0) is 68.1 Å². The van der Waals surface area contributed by atoms with Gasteiger partial charge in [0, 0.05) is 64.6 Å². The molecule has 1 aromatic carbocycles. The Morgan fingerprint density at radius 3 is 2.32 bits per heavy atom. The number of aromatic nitrogens is 3. The van der Waals surface area contributed by atoms with Crippen LogP contribution in [0.3, 0.4) is 0 Å². The maximum Gasteiger partial charge on any atom is 0.161 e. The Bertz CT molecular complexity index is 1550. The minimum Gasteiger partial charge on any atom is -0.320 e. The van der Waals surface area contributed by atoms with Gasteiger partial charge in [-0.1, -0.05) is 28.1 Å². The quantitative estimate of drug-likeness (QED) is 0.242. The van der Waals surface area contributed by atoms with Gasteiger partial charge in [-0.2, -0.15) is 0 Å². The summed E-state index contributed by atoms with van der Waals surface area (Å²) in [6, 6.07) is 12.9. The fraction of sp³-hybridized carbons (Fsp3) is 0.300. The number of Topliss-reactive ketones (excluding diaryl/α,β-unsaturated/α-hetero) is 3. The molecular weight excluding hydrogens is 549 g/mol. The van der Waals surface area contributed by atoms with Crippen molar-refractivity contribution in [2.75, 3.05) is 0 Å². The number of halogens is 2. The fourth-order valence-corrected chi connectivity index (χ4v) is 5.83. The lowest BCUT2D eigenvalue weighted by atomic mass is 9.85. The summed E-state index contributed by atoms with van der Waals surface area (Å²) in [6.07, 6.45) is 4.39. The molecule has 3 heterocycles. The molecule has 1 aliphatic rings. The van der Waals surface area contributed by atoms with Gasteiger partial charge in [0.05, 0.1) is 5.52 Å². The largest absolute Gasteiger partial charge is 0.320 e. The van der Waals surface area contributed by atoms with Crippen molar-refractivity contribution in [3.05, 3.63) is 88.2 Å². The number of benzene rings is 1. The molecule has 1 fully saturated rings. The molecule has 4 aromatic rings. The second kappa shape index (κ2) is 10.7. The summed E-state index contributed by atoms with van der Waals surface area (Å²) in [5, 5.41) is 0. The number of carbonyl (C=O) groups excluding carboxylic acids is 3. The summed E-state index contributed by atoms with van der Waals surface area (Å²) < 4.78 is 17.2. The van der Waals surface area contributed by atoms with Gasteiger partial charge in [0.2, 0.25) is 0 Å². The monoisotopic (exact) mass is 575 g/mol. The molecule has 8 heteroatoms. The number of carbonyl (C=O) groups is 3. The first-order valence-corrected chi connectivity index (χ1v) is 13.4. The van der Waals surface area contributed by atoms with Crippen LogP contribution in [0, 0.1) is 18.8 Å². The minimum absolute atomic E-state index is 0.0134. The number of rotatable bonds is 8. The molecule has 6 nitrogen and oxygen atoms in total. The first kappa shape index (κ1) is 26.1. The van der Waals surface area contributed by atoms with Crippen molar-refractivity contribution < 1.29 is 18.8 Å². The molecule has 1 saturated carbocycles. The summed E-state index contributed by atoms with van der Waals surface area (Å²) >= 11 is 3.41. The lowest BCUT2D eigenvalue weighted by Crippen LogP contribution is -2.28. The number of aryl methyl sites for hydroxylation is 1. The van der Waals surface area contributed by atoms with E-state index in [1.54, 1.807) is 18.5 Å². The van der Waals surface area contributed by atoms with E-state index in [0.717, 1.165) is 21.2 Å². The molecule has 1 aliphatic carbocycles. The van der Waals surface area contributed by atoms with E-state index in [0.29, 0.717) is 22.6 Å². The number of pyridine rings is 1. The Kier molecular flexibility index (Phi) is 7.34. The first-order chi connectivity index (χ1) is 18.2. The van der Waals surface area contributed by atoms with Crippen LogP contribution in [0.4, 0.5) is 4.39 Å². The van der Waals surface area contributed by atoms with E-state index in [4.69, 9.17) is 0 Å². The molecule has 0 saturated heterocycles. The summed E-state index contributed by atoms with van der Waals surface area (Å²) in [4.78, 5) is 47.6. The van der Waals surface area contributed by atoms with Crippen LogP contribution in [0.1, 0.15) is 47.2 Å². The fourth-order valence-electron chi connectivity index (χ4n) is 5.38. The van der Waals surface area contributed by atoms with E-state index in [1.165, 1.54) is 6.92 Å². The Hall–Kier alpha value is -3.52. The standard InChI is InChI=1S/C30H27BrFN3O3/c1-17(36)25-13-24(35-7-6-20(10-28(25)35)21-15-33-18(2)34-16-21)14-30(38)27-12-23(32)11-26(27)29(37)9-19-4-3-5-22(31)8-19/h3-8,10,13,15-16,23,26-27H,9,11-12,14H2,1-2H3/t23-,26-,27?/m1/s1. The zero-order chi connectivity index (χ0) is 27.0. The summed E-state index contributed by atoms with van der Waals surface area (Å²) in [6.45, 7) is 3.30. The maximum absolute atomic E-state index is 14.5. The van der Waals surface area contributed by atoms with Gasteiger partial charge in [-0.3, -0.25) is 14.4 Å². The second-order valence-electron chi connectivity index (χ2n) is 9.99. The summed E-state index contributed by atoms with van der Waals surface area (Å²) in [5.41, 5.74) is 4.32. The van der Waals surface area contributed by atoms with E-state index < -0.39 is 18.0 Å². The van der Waals surface area contributed by atoms with Gasteiger partial charge in [0.1, 0.15) is 23.6 Å². The van der Waals surface area contributed by atoms with Gasteiger partial charge in [-0.25, -0.2) is 14.4 Å². The molecule has 194 valence electrons. The Morgan fingerprint density at radius 1 is 0.974 bits per heavy atom. The van der Waals surface area contributed by atoms with Crippen LogP contribution in [0.5, 0.6) is 0 Å². The molecule has 0 aliphatic heterocycles. The number of nitrogens with zero attached hydrogens (tertiary/aromatic N) is 3. The molecule has 0 radical (unpaired) electrons. The third-order valence-corrected chi connectivity index (χ3v) is 7.79. The number of fused-ring (bicyclic) bond motifs is 1. The van der Waals surface area contributed by atoms with Crippen LogP contribution in [-0.2, 0) is 22.4 Å². The molecule has 5 rings (SSSR count). The van der Waals surface area contributed by atoms with Crippen LogP contribution in [0.2, 0.25) is 0 Å². The maximum atomic E-state index is 14.5. The SMILES string of the molecule is CC(=O)c1cc(CC(=O)C2C[C@H](F)C[C@H]2C(=O)Cc2cccc(Br)c2)n2ccc(-c3cnc(C)nc3)cc12. The molecule has 0 N–H and O–H groups in total. The molecule has 1 unspecified atom stereocenters. The smallest absolute Gasteiger partial charge is 0.161 e. The normalized spacial score (nSPS) is 19.1. The van der Waals surface area contributed by atoms with Crippen molar-refractivity contribution in [3.8, 4) is 11.1 Å². The van der Waals surface area contributed by atoms with Crippen LogP contribution >= 0.6 is 15.9 Å². The number of hydrogen-bond donors (Lipinski definition) is 0. The number of ketones is 3. The van der Waals surface area contributed by atoms with Crippen LogP contribution in [-0.4, -0.2) is 37.9 Å². The van der Waals surface area contributed by atoms with Gasteiger partial charge in [0.25, 0.3) is 0 Å². The lowest BCUT2D eigenvalue weighted by Gasteiger charge is -2.17. The number of alkyl halides is 1. The molecular formula is C30H27BrFN3O3. The van der Waals surface area contributed by atoms with Crippen molar-refractivity contribution in [2.45, 2.75) is 45.7 Å². The Morgan fingerprint density at radius 2 is 1.66 bits per heavy atom. The van der Waals surface area contributed by atoms with Gasteiger partial charge in [0.15, 0.2) is 5.78 Å². The van der Waals surface area contributed by atoms with E-state index in [2.05, 4.69) is 25.9 Å². The topological polar surface area (TPSA) is 81.4 Å². The molecule has 3 atom stereocenters. The van der Waals surface area contributed by atoms with Crippen molar-refractivity contribution in [3.63, 3.8) is 0 Å². The Labute approximate surface area is 228 Å². The van der Waals surface area contributed by atoms with Crippen LogP contribution < -0.4 is 0 Å². The predicted molar refractivity (Wildman–Crippen MR) is 146 cm³/mol. The lowest BCUT2D eigenvalue weighted by molar-refractivity contribution is -0.130. The highest BCUT2D eigenvalue weighted by Gasteiger charge is 2.42. The van der Waals surface area contributed by atoms with E-state index in [9.17, 15) is 18.8 Å². The first-order valence-electron chi connectivity index (χ1n) is 12.6. The van der Waals surface area contributed by atoms with E-state index in [1.807, 2.05) is 53.9 Å². The summed E-state index contributed by atoms with van der Waals surface area (Å²) in [7, 11) is 0. The van der Waals surface area contributed by atoms with Crippen LogP contribution in [0.15, 0.2) is 65.5 Å². The zero-order valence-corrected chi connectivity index (χ0v) is 22.7. The third-order valence-electron chi connectivity index (χ3n) is 7.30. The van der Waals surface area contributed by atoms with Gasteiger partial charge in [-0.15, -0.1) is 0 Å². The average Bonchev–Trinajstić information content (AvgIpc) is 3.45. The van der Waals surface area contributed by atoms with Gasteiger partial charge >= 0.3 is 0 Å². The average molecular weight is 576 g/mol. The van der Waals surface area contributed by atoms with E-state index in [-0.39, 0.29) is 43.0 Å². The molecule has 3 aromatic heterocycles. The summed E-state index contributed by atoms with van der Waals surface area (Å²) in [5.74, 6) is -1.08. The zero-order valence-electron chi connectivity index (χ0n) is 21.2. The van der Waals surface area contributed by atoms with Gasteiger partial charge < -0.3 is 4.40 Å². The number of hydrogen-bond acceptors (Lipinski definition) is 5. The highest BCUT2D eigenvalue weighted by molar-refractivity contribution is 9.10. The minimum atomic E-state index is -1.18. The highest BCUT2D eigenvalue weighted by Crippen LogP contribution is 2.37. The van der Waals surface area contributed by atoms with Crippen molar-refractivity contribution in [1.29, 1.82) is 0 Å². The van der Waals surface area contributed by atoms with Crippen molar-refractivity contribution >= 4 is 38.8 Å². The highest BCUT2D eigenvalue weighted by atomic mass is 79.9. The molecule has 0 bridgehead atoms. The second-order valence-corrected chi connectivity index (χ2v) is 10.9. The molecule has 0 amide bonds. The molecule has 38 heavy (non-hydrogen) atoms. The third kappa shape index (κ3) is 5.36. The van der Waals surface area contributed by atoms with Crippen LogP contribution in [0.25, 0.3) is 16.6 Å². The van der Waals surface area contributed by atoms with E-state index >= 15 is 0 Å². The molecule has 0 spiro atoms.